The van der Waals surface area contributed by atoms with Crippen LogP contribution in [0.5, 0.6) is 0 Å². The van der Waals surface area contributed by atoms with E-state index >= 15 is 0 Å². The first-order chi connectivity index (χ1) is 9.81. The Morgan fingerprint density at radius 3 is 2.40 bits per heavy atom. The molecule has 1 N–H and O–H groups in total. The van der Waals surface area contributed by atoms with Crippen molar-refractivity contribution < 1.29 is 5.11 Å². The molecule has 1 aromatic rings. The van der Waals surface area contributed by atoms with Crippen LogP contribution < -0.4 is 0 Å². The summed E-state index contributed by atoms with van der Waals surface area (Å²) in [6.07, 6.45) is 9.89. The predicted octanol–water partition coefficient (Wildman–Crippen LogP) is 5.08. The number of aliphatic hydroxyl groups is 1. The average molecular weight is 277 g/mol. The zero-order chi connectivity index (χ0) is 15.8. The van der Waals surface area contributed by atoms with E-state index in [0.717, 1.165) is 24.1 Å². The van der Waals surface area contributed by atoms with Gasteiger partial charge in [-0.2, -0.15) is 0 Å². The molecule has 1 heterocycles. The normalized spacial score (nSPS) is 10.4. The van der Waals surface area contributed by atoms with Gasteiger partial charge in [0.05, 0.1) is 12.3 Å². The summed E-state index contributed by atoms with van der Waals surface area (Å²) < 4.78 is 0. The zero-order valence-corrected chi connectivity index (χ0v) is 14.0. The van der Waals surface area contributed by atoms with Crippen molar-refractivity contribution in [2.75, 3.05) is 0 Å². The van der Waals surface area contributed by atoms with E-state index < -0.39 is 0 Å². The summed E-state index contributed by atoms with van der Waals surface area (Å²) in [5, 5.41) is 9.21. The largest absolute Gasteiger partial charge is 0.392 e. The van der Waals surface area contributed by atoms with Gasteiger partial charge in [0.25, 0.3) is 0 Å². The summed E-state index contributed by atoms with van der Waals surface area (Å²) in [5.74, 6) is 0. The Kier molecular flexibility index (Phi) is 16.3. The van der Waals surface area contributed by atoms with Gasteiger partial charge in [-0.05, 0) is 30.5 Å². The van der Waals surface area contributed by atoms with Gasteiger partial charge in [-0.1, -0.05) is 58.9 Å². The molecule has 0 aromatic carbocycles. The minimum absolute atomic E-state index is 0.0540. The number of nitrogens with zero attached hydrogens (tertiary/aromatic N) is 1. The van der Waals surface area contributed by atoms with Gasteiger partial charge >= 0.3 is 0 Å². The number of aliphatic hydroxyl groups excluding tert-OH is 1. The molecule has 0 amide bonds. The summed E-state index contributed by atoms with van der Waals surface area (Å²) in [7, 11) is 0. The third-order valence-electron chi connectivity index (χ3n) is 2.37. The second-order valence-electron chi connectivity index (χ2n) is 3.63. The molecule has 0 saturated heterocycles. The lowest BCUT2D eigenvalue weighted by Crippen LogP contribution is -1.98. The Hall–Kier alpha value is -1.41. The summed E-state index contributed by atoms with van der Waals surface area (Å²) in [6, 6.07) is 3.77. The molecule has 0 aliphatic heterocycles. The van der Waals surface area contributed by atoms with Crippen molar-refractivity contribution in [1.82, 2.24) is 4.98 Å². The van der Waals surface area contributed by atoms with E-state index in [2.05, 4.69) is 24.1 Å². The highest BCUT2D eigenvalue weighted by molar-refractivity contribution is 5.29. The standard InChI is InChI=1S/C14H19NO.2C2H6/c1-3-6-12(7-4-2)10-14-13(11-16)8-5-9-15-14;2*1-2/h3,5-9,16H,4,10-11H2,1-2H3;2*1-2H3/b6-3-,12-7+;;. The molecule has 1 aromatic heterocycles. The summed E-state index contributed by atoms with van der Waals surface area (Å²) >= 11 is 0. The molecule has 0 unspecified atom stereocenters. The lowest BCUT2D eigenvalue weighted by Gasteiger charge is -2.06. The highest BCUT2D eigenvalue weighted by atomic mass is 16.3. The first-order valence-electron chi connectivity index (χ1n) is 7.67. The summed E-state index contributed by atoms with van der Waals surface area (Å²) in [5.41, 5.74) is 3.12. The van der Waals surface area contributed by atoms with Crippen LogP contribution in [0.1, 0.15) is 59.2 Å². The quantitative estimate of drug-likeness (QED) is 0.761. The Morgan fingerprint density at radius 1 is 1.25 bits per heavy atom. The second-order valence-corrected chi connectivity index (χ2v) is 3.63. The van der Waals surface area contributed by atoms with Crippen molar-refractivity contribution in [3.05, 3.63) is 53.4 Å². The monoisotopic (exact) mass is 277 g/mol. The molecule has 0 atom stereocenters. The van der Waals surface area contributed by atoms with E-state index in [1.165, 1.54) is 5.57 Å². The van der Waals surface area contributed by atoms with E-state index in [-0.39, 0.29) is 6.61 Å². The summed E-state index contributed by atoms with van der Waals surface area (Å²) in [6.45, 7) is 12.2. The van der Waals surface area contributed by atoms with Crippen LogP contribution in [0.2, 0.25) is 0 Å². The van der Waals surface area contributed by atoms with Crippen LogP contribution in [0.3, 0.4) is 0 Å². The maximum atomic E-state index is 9.21. The highest BCUT2D eigenvalue weighted by Gasteiger charge is 2.03. The van der Waals surface area contributed by atoms with Gasteiger partial charge in [-0.15, -0.1) is 0 Å². The first kappa shape index (κ1) is 20.9. The molecule has 2 nitrogen and oxygen atoms in total. The van der Waals surface area contributed by atoms with Gasteiger partial charge in [0.1, 0.15) is 0 Å². The molecule has 2 heteroatoms. The fourth-order valence-corrected chi connectivity index (χ4v) is 1.64. The maximum absolute atomic E-state index is 9.21. The molecule has 0 radical (unpaired) electrons. The molecular formula is C18H31NO. The van der Waals surface area contributed by atoms with Gasteiger partial charge < -0.3 is 5.11 Å². The van der Waals surface area contributed by atoms with Crippen molar-refractivity contribution in [1.29, 1.82) is 0 Å². The number of pyridine rings is 1. The van der Waals surface area contributed by atoms with Crippen LogP contribution in [0.15, 0.2) is 42.1 Å². The Balaban J connectivity index is 0. The lowest BCUT2D eigenvalue weighted by molar-refractivity contribution is 0.280. The van der Waals surface area contributed by atoms with E-state index in [1.807, 2.05) is 52.8 Å². The first-order valence-corrected chi connectivity index (χ1v) is 7.67. The average Bonchev–Trinajstić information content (AvgIpc) is 2.52. The molecule has 0 spiro atoms. The zero-order valence-electron chi connectivity index (χ0n) is 14.0. The van der Waals surface area contributed by atoms with Crippen LogP contribution in [-0.4, -0.2) is 10.1 Å². The maximum Gasteiger partial charge on any atom is 0.0699 e. The molecule has 0 saturated carbocycles. The van der Waals surface area contributed by atoms with E-state index in [1.54, 1.807) is 6.20 Å². The molecule has 0 aliphatic carbocycles. The van der Waals surface area contributed by atoms with Gasteiger partial charge in [0.2, 0.25) is 0 Å². The van der Waals surface area contributed by atoms with Crippen LogP contribution in [0.4, 0.5) is 0 Å². The topological polar surface area (TPSA) is 33.1 Å². The van der Waals surface area contributed by atoms with Gasteiger partial charge in [-0.3, -0.25) is 4.98 Å². The number of rotatable bonds is 5. The summed E-state index contributed by atoms with van der Waals surface area (Å²) in [4.78, 5) is 4.32. The van der Waals surface area contributed by atoms with Crippen LogP contribution >= 0.6 is 0 Å². The predicted molar refractivity (Wildman–Crippen MR) is 89.7 cm³/mol. The third-order valence-corrected chi connectivity index (χ3v) is 2.37. The molecule has 0 bridgehead atoms. The molecule has 20 heavy (non-hydrogen) atoms. The number of hydrogen-bond donors (Lipinski definition) is 1. The Morgan fingerprint density at radius 2 is 1.90 bits per heavy atom. The van der Waals surface area contributed by atoms with Gasteiger partial charge in [0, 0.05) is 12.6 Å². The van der Waals surface area contributed by atoms with Crippen LogP contribution in [-0.2, 0) is 13.0 Å². The third kappa shape index (κ3) is 8.65. The molecule has 114 valence electrons. The minimum Gasteiger partial charge on any atom is -0.392 e. The van der Waals surface area contributed by atoms with E-state index in [9.17, 15) is 5.11 Å². The van der Waals surface area contributed by atoms with Gasteiger partial charge in [0.15, 0.2) is 0 Å². The molecule has 1 rings (SSSR count). The number of allylic oxidation sites excluding steroid dienone is 4. The highest BCUT2D eigenvalue weighted by Crippen LogP contribution is 2.12. The Labute approximate surface area is 125 Å². The van der Waals surface area contributed by atoms with Crippen LogP contribution in [0.25, 0.3) is 0 Å². The lowest BCUT2D eigenvalue weighted by atomic mass is 10.0. The van der Waals surface area contributed by atoms with Gasteiger partial charge in [-0.25, -0.2) is 0 Å². The fourth-order valence-electron chi connectivity index (χ4n) is 1.64. The van der Waals surface area contributed by atoms with E-state index in [4.69, 9.17) is 0 Å². The van der Waals surface area contributed by atoms with Crippen molar-refractivity contribution >= 4 is 0 Å². The second kappa shape index (κ2) is 15.6. The van der Waals surface area contributed by atoms with Crippen LogP contribution in [0, 0.1) is 0 Å². The number of aromatic nitrogens is 1. The number of hydrogen-bond acceptors (Lipinski definition) is 2. The molecule has 0 aliphatic rings. The van der Waals surface area contributed by atoms with E-state index in [0.29, 0.717) is 0 Å². The molecular weight excluding hydrogens is 246 g/mol. The SMILES string of the molecule is C/C=C\C(=C/CC)Cc1ncccc1CO.CC.CC. The smallest absolute Gasteiger partial charge is 0.0699 e. The van der Waals surface area contributed by atoms with Crippen molar-refractivity contribution in [2.24, 2.45) is 0 Å². The Bertz CT molecular complexity index is 381. The van der Waals surface area contributed by atoms with Crippen molar-refractivity contribution in [3.63, 3.8) is 0 Å². The van der Waals surface area contributed by atoms with Crippen molar-refractivity contribution in [2.45, 2.75) is 61.0 Å². The van der Waals surface area contributed by atoms with Crippen molar-refractivity contribution in [3.8, 4) is 0 Å². The minimum atomic E-state index is 0.0540. The fraction of sp³-hybridized carbons (Fsp3) is 0.500. The molecule has 0 fully saturated rings.